The van der Waals surface area contributed by atoms with Gasteiger partial charge in [0.1, 0.15) is 5.38 Å². The zero-order valence-corrected chi connectivity index (χ0v) is 14.8. The van der Waals surface area contributed by atoms with E-state index in [0.29, 0.717) is 5.25 Å². The summed E-state index contributed by atoms with van der Waals surface area (Å²) in [5, 5.41) is 0.0415. The number of rotatable bonds is 5. The number of β-lactam (4-membered cyclic amide) rings is 1. The summed E-state index contributed by atoms with van der Waals surface area (Å²) < 4.78 is 0. The Kier molecular flexibility index (Phi) is 4.98. The van der Waals surface area contributed by atoms with Crippen molar-refractivity contribution in [1.82, 2.24) is 0 Å². The van der Waals surface area contributed by atoms with Gasteiger partial charge in [-0.15, -0.1) is 23.4 Å². The van der Waals surface area contributed by atoms with E-state index < -0.39 is 5.38 Å². The van der Waals surface area contributed by atoms with Crippen molar-refractivity contribution in [3.63, 3.8) is 0 Å². The van der Waals surface area contributed by atoms with Gasteiger partial charge in [0.2, 0.25) is 5.91 Å². The molecular formula is C19H20ClNOS. The highest BCUT2D eigenvalue weighted by Gasteiger charge is 2.48. The van der Waals surface area contributed by atoms with Gasteiger partial charge in [-0.1, -0.05) is 50.2 Å². The SMILES string of the molecule is CCC(C)Sc1ccccc1C1C(Cl)C(=O)N1c1ccccc1. The van der Waals surface area contributed by atoms with Crippen LogP contribution < -0.4 is 4.90 Å². The molecule has 2 nitrogen and oxygen atoms in total. The highest BCUT2D eigenvalue weighted by molar-refractivity contribution is 8.00. The molecule has 1 heterocycles. The number of hydrogen-bond donors (Lipinski definition) is 0. The van der Waals surface area contributed by atoms with Crippen molar-refractivity contribution in [2.75, 3.05) is 4.90 Å². The zero-order valence-electron chi connectivity index (χ0n) is 13.3. The maximum Gasteiger partial charge on any atom is 0.248 e. The number of carbonyl (C=O) groups is 1. The van der Waals surface area contributed by atoms with E-state index in [9.17, 15) is 4.79 Å². The Labute approximate surface area is 146 Å². The summed E-state index contributed by atoms with van der Waals surface area (Å²) in [5.41, 5.74) is 2.05. The standard InChI is InChI=1S/C19H20ClNOS/c1-3-13(2)23-16-12-8-7-11-15(16)18-17(20)19(22)21(18)14-9-5-4-6-10-14/h4-13,17-18H,3H2,1-2H3. The van der Waals surface area contributed by atoms with Gasteiger partial charge in [0.25, 0.3) is 0 Å². The van der Waals surface area contributed by atoms with Gasteiger partial charge in [-0.2, -0.15) is 0 Å². The van der Waals surface area contributed by atoms with E-state index in [1.807, 2.05) is 59.1 Å². The lowest BCUT2D eigenvalue weighted by Gasteiger charge is -2.45. The first-order chi connectivity index (χ1) is 11.1. The van der Waals surface area contributed by atoms with Crippen LogP contribution in [-0.2, 0) is 4.79 Å². The molecule has 1 amide bonds. The van der Waals surface area contributed by atoms with E-state index in [2.05, 4.69) is 26.0 Å². The van der Waals surface area contributed by atoms with Crippen LogP contribution in [0.15, 0.2) is 59.5 Å². The number of carbonyl (C=O) groups excluding carboxylic acids is 1. The first kappa shape index (κ1) is 16.4. The van der Waals surface area contributed by atoms with Crippen molar-refractivity contribution in [3.05, 3.63) is 60.2 Å². The summed E-state index contributed by atoms with van der Waals surface area (Å²) >= 11 is 8.24. The Balaban J connectivity index is 1.95. The van der Waals surface area contributed by atoms with Gasteiger partial charge < -0.3 is 4.90 Å². The summed E-state index contributed by atoms with van der Waals surface area (Å²) in [6.45, 7) is 4.41. The fourth-order valence-electron chi connectivity index (χ4n) is 2.76. The van der Waals surface area contributed by atoms with Crippen molar-refractivity contribution in [2.45, 2.75) is 41.8 Å². The summed E-state index contributed by atoms with van der Waals surface area (Å²) in [4.78, 5) is 15.3. The number of thioether (sulfide) groups is 1. The molecule has 0 N–H and O–H groups in total. The minimum atomic E-state index is -0.492. The summed E-state index contributed by atoms with van der Waals surface area (Å²) in [6, 6.07) is 17.9. The number of amides is 1. The van der Waals surface area contributed by atoms with Gasteiger partial charge >= 0.3 is 0 Å². The molecule has 1 saturated heterocycles. The van der Waals surface area contributed by atoms with Gasteiger partial charge in [0, 0.05) is 15.8 Å². The van der Waals surface area contributed by atoms with Crippen LogP contribution in [0, 0.1) is 0 Å². The molecule has 3 unspecified atom stereocenters. The van der Waals surface area contributed by atoms with Crippen molar-refractivity contribution in [2.24, 2.45) is 0 Å². The van der Waals surface area contributed by atoms with Crippen LogP contribution >= 0.6 is 23.4 Å². The first-order valence-electron chi connectivity index (χ1n) is 7.91. The minimum absolute atomic E-state index is 0.0220. The molecule has 0 radical (unpaired) electrons. The fourth-order valence-corrected chi connectivity index (χ4v) is 4.19. The maximum absolute atomic E-state index is 12.3. The molecule has 0 aromatic heterocycles. The number of hydrogen-bond acceptors (Lipinski definition) is 2. The van der Waals surface area contributed by atoms with Crippen LogP contribution in [0.2, 0.25) is 0 Å². The van der Waals surface area contributed by atoms with Crippen LogP contribution in [0.5, 0.6) is 0 Å². The zero-order chi connectivity index (χ0) is 16.4. The number of halogens is 1. The van der Waals surface area contributed by atoms with Crippen LogP contribution in [0.4, 0.5) is 5.69 Å². The second kappa shape index (κ2) is 6.98. The van der Waals surface area contributed by atoms with E-state index in [1.165, 1.54) is 4.90 Å². The lowest BCUT2D eigenvalue weighted by molar-refractivity contribution is -0.123. The van der Waals surface area contributed by atoms with Crippen LogP contribution in [0.1, 0.15) is 31.9 Å². The molecule has 0 bridgehead atoms. The number of benzene rings is 2. The molecule has 3 atom stereocenters. The number of alkyl halides is 1. The van der Waals surface area contributed by atoms with E-state index in [1.54, 1.807) is 0 Å². The molecule has 4 heteroatoms. The predicted octanol–water partition coefficient (Wildman–Crippen LogP) is 5.27. The van der Waals surface area contributed by atoms with Crippen LogP contribution in [0.25, 0.3) is 0 Å². The van der Waals surface area contributed by atoms with Gasteiger partial charge in [-0.05, 0) is 30.2 Å². The fraction of sp³-hybridized carbons (Fsp3) is 0.316. The van der Waals surface area contributed by atoms with Gasteiger partial charge in [-0.3, -0.25) is 4.79 Å². The molecule has 1 fully saturated rings. The van der Waals surface area contributed by atoms with E-state index >= 15 is 0 Å². The molecule has 0 spiro atoms. The summed E-state index contributed by atoms with van der Waals surface area (Å²) in [7, 11) is 0. The smallest absolute Gasteiger partial charge is 0.248 e. The third-order valence-corrected chi connectivity index (χ3v) is 5.99. The third-order valence-electron chi connectivity index (χ3n) is 4.20. The molecule has 23 heavy (non-hydrogen) atoms. The predicted molar refractivity (Wildman–Crippen MR) is 98.4 cm³/mol. The third kappa shape index (κ3) is 3.13. The van der Waals surface area contributed by atoms with E-state index in [-0.39, 0.29) is 11.9 Å². The maximum atomic E-state index is 12.3. The lowest BCUT2D eigenvalue weighted by atomic mass is 9.92. The number of nitrogens with zero attached hydrogens (tertiary/aromatic N) is 1. The first-order valence-corrected chi connectivity index (χ1v) is 9.23. The molecule has 120 valence electrons. The molecule has 0 saturated carbocycles. The highest BCUT2D eigenvalue weighted by atomic mass is 35.5. The number of para-hydroxylation sites is 1. The van der Waals surface area contributed by atoms with Gasteiger partial charge in [-0.25, -0.2) is 0 Å². The van der Waals surface area contributed by atoms with Crippen molar-refractivity contribution < 1.29 is 4.79 Å². The summed E-state index contributed by atoms with van der Waals surface area (Å²) in [6.07, 6.45) is 1.11. The Morgan fingerprint density at radius 2 is 1.78 bits per heavy atom. The molecule has 2 aromatic rings. The Hall–Kier alpha value is -1.45. The Bertz CT molecular complexity index is 691. The second-order valence-corrected chi connectivity index (χ2v) is 7.72. The molecule has 1 aliphatic rings. The Morgan fingerprint density at radius 3 is 2.48 bits per heavy atom. The molecule has 2 aromatic carbocycles. The van der Waals surface area contributed by atoms with Gasteiger partial charge in [0.05, 0.1) is 6.04 Å². The molecule has 1 aliphatic heterocycles. The molecule has 3 rings (SSSR count). The summed E-state index contributed by atoms with van der Waals surface area (Å²) in [5.74, 6) is -0.0220. The average molecular weight is 346 g/mol. The Morgan fingerprint density at radius 1 is 1.13 bits per heavy atom. The second-order valence-electron chi connectivity index (χ2n) is 5.76. The van der Waals surface area contributed by atoms with E-state index in [4.69, 9.17) is 11.6 Å². The topological polar surface area (TPSA) is 20.3 Å². The largest absolute Gasteiger partial charge is 0.301 e. The number of anilines is 1. The molecule has 0 aliphatic carbocycles. The van der Waals surface area contributed by atoms with E-state index in [0.717, 1.165) is 17.7 Å². The monoisotopic (exact) mass is 345 g/mol. The van der Waals surface area contributed by atoms with Crippen LogP contribution in [-0.4, -0.2) is 16.5 Å². The highest BCUT2D eigenvalue weighted by Crippen LogP contribution is 2.45. The average Bonchev–Trinajstić information content (AvgIpc) is 2.60. The molecular weight excluding hydrogens is 326 g/mol. The van der Waals surface area contributed by atoms with Crippen LogP contribution in [0.3, 0.4) is 0 Å². The van der Waals surface area contributed by atoms with Crippen molar-refractivity contribution >= 4 is 35.0 Å². The quantitative estimate of drug-likeness (QED) is 0.418. The van der Waals surface area contributed by atoms with Crippen molar-refractivity contribution in [3.8, 4) is 0 Å². The van der Waals surface area contributed by atoms with Gasteiger partial charge in [0.15, 0.2) is 0 Å². The van der Waals surface area contributed by atoms with Crippen molar-refractivity contribution in [1.29, 1.82) is 0 Å². The lowest BCUT2D eigenvalue weighted by Crippen LogP contribution is -2.56. The minimum Gasteiger partial charge on any atom is -0.301 e. The normalized spacial score (nSPS) is 21.9.